The van der Waals surface area contributed by atoms with Crippen molar-refractivity contribution in [2.75, 3.05) is 19.8 Å². The van der Waals surface area contributed by atoms with E-state index >= 15 is 0 Å². The van der Waals surface area contributed by atoms with Gasteiger partial charge in [0.15, 0.2) is 15.6 Å². The molecule has 9 heteroatoms. The lowest BCUT2D eigenvalue weighted by molar-refractivity contribution is -0.143. The molecule has 1 aliphatic carbocycles. The highest BCUT2D eigenvalue weighted by atomic mass is 35.5. The molecule has 0 N–H and O–H groups in total. The molecule has 2 aliphatic rings. The Morgan fingerprint density at radius 3 is 2.72 bits per heavy atom. The average Bonchev–Trinajstić information content (AvgIpc) is 3.11. The Balaban J connectivity index is 1.89. The zero-order chi connectivity index (χ0) is 21.1. The van der Waals surface area contributed by atoms with E-state index in [4.69, 9.17) is 25.8 Å². The van der Waals surface area contributed by atoms with E-state index in [1.807, 2.05) is 6.92 Å². The number of hydrogen-bond donors (Lipinski definition) is 0. The van der Waals surface area contributed by atoms with Crippen molar-refractivity contribution >= 4 is 27.4 Å². The Bertz CT molecular complexity index is 892. The minimum atomic E-state index is -3.83. The highest BCUT2D eigenvalue weighted by molar-refractivity contribution is 7.91. The number of ether oxygens (including phenoxy) is 3. The molecule has 1 unspecified atom stereocenters. The predicted molar refractivity (Wildman–Crippen MR) is 106 cm³/mol. The molecule has 1 heterocycles. The first kappa shape index (κ1) is 22.2. The van der Waals surface area contributed by atoms with E-state index in [0.717, 1.165) is 18.6 Å². The second-order valence-electron chi connectivity index (χ2n) is 7.17. The number of carbonyl (C=O) groups excluding carboxylic acids is 1. The Kier molecular flexibility index (Phi) is 6.98. The maximum Gasteiger partial charge on any atom is 0.335 e. The molecule has 1 saturated heterocycles. The number of halogens is 2. The largest absolute Gasteiger partial charge is 0.462 e. The number of carbonyl (C=O) groups is 1. The first-order valence-electron chi connectivity index (χ1n) is 9.59. The summed E-state index contributed by atoms with van der Waals surface area (Å²) in [6, 6.07) is 3.56. The summed E-state index contributed by atoms with van der Waals surface area (Å²) >= 11 is 6.01. The second kappa shape index (κ2) is 9.12. The van der Waals surface area contributed by atoms with Gasteiger partial charge in [0, 0.05) is 11.4 Å². The fraction of sp³-hybridized carbons (Fsp3) is 0.550. The van der Waals surface area contributed by atoms with Crippen LogP contribution in [0.3, 0.4) is 0 Å². The molecule has 0 saturated carbocycles. The minimum Gasteiger partial charge on any atom is -0.462 e. The van der Waals surface area contributed by atoms with Gasteiger partial charge in [0.05, 0.1) is 36.4 Å². The molecule has 0 radical (unpaired) electrons. The molecule has 1 atom stereocenters. The average molecular weight is 447 g/mol. The van der Waals surface area contributed by atoms with Crippen molar-refractivity contribution in [1.29, 1.82) is 0 Å². The van der Waals surface area contributed by atoms with Gasteiger partial charge in [0.1, 0.15) is 5.82 Å². The van der Waals surface area contributed by atoms with Gasteiger partial charge >= 0.3 is 5.97 Å². The molecule has 0 amide bonds. The zero-order valence-electron chi connectivity index (χ0n) is 16.2. The van der Waals surface area contributed by atoms with Gasteiger partial charge in [-0.3, -0.25) is 0 Å². The van der Waals surface area contributed by atoms with Gasteiger partial charge in [-0.15, -0.1) is 0 Å². The lowest BCUT2D eigenvalue weighted by Gasteiger charge is -2.33. The monoisotopic (exact) mass is 446 g/mol. The highest BCUT2D eigenvalue weighted by Gasteiger charge is 2.46. The molecular weight excluding hydrogens is 423 g/mol. The predicted octanol–water partition coefficient (Wildman–Crippen LogP) is 3.57. The third kappa shape index (κ3) is 5.17. The standard InChI is InChI=1S/C20H24ClFO6S/c1-2-3-8-26-19(23)16-12-20(27-9-10-28-20)7-6-18(16)29(24,25)13-14-4-5-15(22)11-17(14)21/h4-5,11-12,18H,2-3,6-10,13H2,1H3. The normalized spacial score (nSPS) is 21.2. The van der Waals surface area contributed by atoms with E-state index in [1.54, 1.807) is 0 Å². The number of rotatable bonds is 7. The summed E-state index contributed by atoms with van der Waals surface area (Å²) in [5.41, 5.74) is 0.299. The number of sulfone groups is 1. The third-order valence-electron chi connectivity index (χ3n) is 5.03. The van der Waals surface area contributed by atoms with Crippen LogP contribution in [0.5, 0.6) is 0 Å². The van der Waals surface area contributed by atoms with E-state index in [9.17, 15) is 17.6 Å². The van der Waals surface area contributed by atoms with Gasteiger partial charge in [0.2, 0.25) is 0 Å². The van der Waals surface area contributed by atoms with Crippen molar-refractivity contribution in [3.05, 3.63) is 46.3 Å². The van der Waals surface area contributed by atoms with Crippen molar-refractivity contribution in [3.8, 4) is 0 Å². The van der Waals surface area contributed by atoms with Gasteiger partial charge < -0.3 is 14.2 Å². The lowest BCUT2D eigenvalue weighted by Crippen LogP contribution is -2.41. The van der Waals surface area contributed by atoms with Crippen molar-refractivity contribution in [1.82, 2.24) is 0 Å². The summed E-state index contributed by atoms with van der Waals surface area (Å²) in [4.78, 5) is 12.7. The van der Waals surface area contributed by atoms with Gasteiger partial charge in [-0.1, -0.05) is 31.0 Å². The minimum absolute atomic E-state index is 0.0208. The SMILES string of the molecule is CCCCOC(=O)C1=CC2(CCC1S(=O)(=O)Cc1ccc(F)cc1Cl)OCCO2. The Morgan fingerprint density at radius 1 is 1.34 bits per heavy atom. The molecule has 1 aliphatic heterocycles. The Hall–Kier alpha value is -1.48. The molecular formula is C20H24ClFO6S. The number of esters is 1. The van der Waals surface area contributed by atoms with E-state index < -0.39 is 38.4 Å². The molecule has 1 spiro atoms. The molecule has 160 valence electrons. The van der Waals surface area contributed by atoms with Gasteiger partial charge in [-0.25, -0.2) is 17.6 Å². The summed E-state index contributed by atoms with van der Waals surface area (Å²) in [7, 11) is -3.83. The zero-order valence-corrected chi connectivity index (χ0v) is 17.7. The fourth-order valence-corrected chi connectivity index (χ4v) is 5.73. The molecule has 0 aromatic heterocycles. The van der Waals surface area contributed by atoms with Crippen molar-refractivity contribution in [2.24, 2.45) is 0 Å². The van der Waals surface area contributed by atoms with E-state index in [0.29, 0.717) is 26.1 Å². The summed E-state index contributed by atoms with van der Waals surface area (Å²) in [5.74, 6) is -2.73. The van der Waals surface area contributed by atoms with Crippen molar-refractivity contribution in [3.63, 3.8) is 0 Å². The topological polar surface area (TPSA) is 78.9 Å². The van der Waals surface area contributed by atoms with Crippen molar-refractivity contribution < 1.29 is 31.8 Å². The summed E-state index contributed by atoms with van der Waals surface area (Å²) in [5, 5.41) is -1.05. The Labute approximate surface area is 174 Å². The summed E-state index contributed by atoms with van der Waals surface area (Å²) in [6.07, 6.45) is 3.43. The van der Waals surface area contributed by atoms with E-state index in [1.165, 1.54) is 12.1 Å². The third-order valence-corrected chi connectivity index (χ3v) is 7.45. The second-order valence-corrected chi connectivity index (χ2v) is 9.76. The van der Waals surface area contributed by atoms with E-state index in [2.05, 4.69) is 0 Å². The number of hydrogen-bond acceptors (Lipinski definition) is 6. The van der Waals surface area contributed by atoms with Crippen LogP contribution in [0.4, 0.5) is 4.39 Å². The summed E-state index contributed by atoms with van der Waals surface area (Å²) < 4.78 is 56.2. The maximum absolute atomic E-state index is 13.3. The number of benzene rings is 1. The lowest BCUT2D eigenvalue weighted by atomic mass is 9.94. The smallest absolute Gasteiger partial charge is 0.335 e. The first-order valence-corrected chi connectivity index (χ1v) is 11.7. The first-order chi connectivity index (χ1) is 13.8. The van der Waals surface area contributed by atoms with Crippen molar-refractivity contribution in [2.45, 2.75) is 49.4 Å². The molecule has 1 aromatic rings. The molecule has 0 bridgehead atoms. The Morgan fingerprint density at radius 2 is 2.07 bits per heavy atom. The molecule has 29 heavy (non-hydrogen) atoms. The van der Waals surface area contributed by atoms with Crippen LogP contribution in [0.15, 0.2) is 29.8 Å². The van der Waals surface area contributed by atoms with Crippen LogP contribution in [-0.4, -0.2) is 45.2 Å². The molecule has 1 fully saturated rings. The van der Waals surface area contributed by atoms with Gasteiger partial charge in [-0.2, -0.15) is 0 Å². The molecule has 3 rings (SSSR count). The van der Waals surface area contributed by atoms with Gasteiger partial charge in [0.25, 0.3) is 0 Å². The molecule has 6 nitrogen and oxygen atoms in total. The van der Waals surface area contributed by atoms with Crippen LogP contribution in [0, 0.1) is 5.82 Å². The van der Waals surface area contributed by atoms with Crippen LogP contribution in [-0.2, 0) is 34.6 Å². The van der Waals surface area contributed by atoms with Crippen LogP contribution in [0.25, 0.3) is 0 Å². The van der Waals surface area contributed by atoms with Crippen LogP contribution >= 0.6 is 11.6 Å². The maximum atomic E-state index is 13.3. The van der Waals surface area contributed by atoms with Gasteiger partial charge in [-0.05, 0) is 36.6 Å². The van der Waals surface area contributed by atoms with E-state index in [-0.39, 0.29) is 29.2 Å². The fourth-order valence-electron chi connectivity index (χ4n) is 3.50. The quantitative estimate of drug-likeness (QED) is 0.470. The number of unbranched alkanes of at least 4 members (excludes halogenated alkanes) is 1. The van der Waals surface area contributed by atoms with Crippen LogP contribution in [0.1, 0.15) is 38.2 Å². The molecule has 1 aromatic carbocycles. The highest BCUT2D eigenvalue weighted by Crippen LogP contribution is 2.38. The summed E-state index contributed by atoms with van der Waals surface area (Å²) in [6.45, 7) is 2.91. The van der Waals surface area contributed by atoms with Crippen LogP contribution in [0.2, 0.25) is 5.02 Å². The van der Waals surface area contributed by atoms with Crippen LogP contribution < -0.4 is 0 Å².